The second-order valence-electron chi connectivity index (χ2n) is 14.4. The third kappa shape index (κ3) is 14.4. The molecule has 0 unspecified atom stereocenters. The van der Waals surface area contributed by atoms with Gasteiger partial charge in [0.25, 0.3) is 0 Å². The van der Waals surface area contributed by atoms with Crippen LogP contribution in [0.5, 0.6) is 0 Å². The molecule has 2 aliphatic rings. The minimum atomic E-state index is -3.73. The maximum atomic E-state index is 12.8. The van der Waals surface area contributed by atoms with Gasteiger partial charge < -0.3 is 20.4 Å². The van der Waals surface area contributed by atoms with E-state index in [0.717, 1.165) is 29.5 Å². The van der Waals surface area contributed by atoms with Gasteiger partial charge in [0, 0.05) is 52.0 Å². The Balaban J connectivity index is 0.000000372. The van der Waals surface area contributed by atoms with Crippen molar-refractivity contribution in [1.29, 1.82) is 0 Å². The molecule has 0 amide bonds. The number of aryl methyl sites for hydroxylation is 2. The van der Waals surface area contributed by atoms with Gasteiger partial charge in [-0.2, -0.15) is 8.61 Å². The zero-order valence-electron chi connectivity index (χ0n) is 32.1. The molecule has 0 bridgehead atoms. The normalized spacial score (nSPS) is 17.8. The zero-order chi connectivity index (χ0) is 38.4. The Morgan fingerprint density at radius 3 is 1.33 bits per heavy atom. The summed E-state index contributed by atoms with van der Waals surface area (Å²) in [4.78, 5) is 0.405. The quantitative estimate of drug-likeness (QED) is 0.0622. The summed E-state index contributed by atoms with van der Waals surface area (Å²) in [6, 6.07) is 20.3. The van der Waals surface area contributed by atoms with Crippen LogP contribution in [0.3, 0.4) is 0 Å². The minimum Gasteiger partial charge on any atom is -0.367 e. The van der Waals surface area contributed by atoms with Gasteiger partial charge in [-0.3, -0.25) is 0 Å². The average molecular weight is 979 g/mol. The minimum absolute atomic E-state index is 0. The summed E-state index contributed by atoms with van der Waals surface area (Å²) >= 11 is 0. The van der Waals surface area contributed by atoms with Crippen molar-refractivity contribution >= 4 is 20.0 Å². The van der Waals surface area contributed by atoms with Crippen LogP contribution in [0.25, 0.3) is 11.1 Å². The summed E-state index contributed by atoms with van der Waals surface area (Å²) in [7, 11) is -7.41. The first kappa shape index (κ1) is 49.7. The Bertz CT molecular complexity index is 1740. The van der Waals surface area contributed by atoms with E-state index in [1.165, 1.54) is 72.0 Å². The summed E-state index contributed by atoms with van der Waals surface area (Å²) in [6.07, 6.45) is 13.0. The molecule has 55 heavy (non-hydrogen) atoms. The van der Waals surface area contributed by atoms with Gasteiger partial charge in [-0.05, 0) is 86.4 Å². The number of benzene rings is 3. The number of unbranched alkanes of at least 4 members (excludes halogenated alkanes) is 9. The summed E-state index contributed by atoms with van der Waals surface area (Å²) in [5.74, 6) is 0. The van der Waals surface area contributed by atoms with Gasteiger partial charge >= 0.3 is 0 Å². The first-order valence-electron chi connectivity index (χ1n) is 19.4. The average Bonchev–Trinajstić information content (AvgIpc) is 3.86. The first-order chi connectivity index (χ1) is 25.4. The molecule has 4 N–H and O–H groups in total. The molecule has 3 aromatic rings. The second-order valence-corrected chi connectivity index (χ2v) is 18.2. The van der Waals surface area contributed by atoms with Crippen molar-refractivity contribution in [2.45, 2.75) is 145 Å². The van der Waals surface area contributed by atoms with Crippen LogP contribution >= 0.6 is 0 Å². The number of aliphatic hydroxyl groups is 4. The fourth-order valence-electron chi connectivity index (χ4n) is 7.21. The predicted octanol–water partition coefficient (Wildman–Crippen LogP) is 6.73. The molecule has 312 valence electrons. The number of hydrogen-bond donors (Lipinski definition) is 4. The van der Waals surface area contributed by atoms with Crippen LogP contribution < -0.4 is 0 Å². The standard InChI is InChI=1S/C23H39NO4S.C18H21NO4S.2Rh/c1-2-3-4-5-6-7-8-9-10-11-13-20-15-17-21(18-16-20)29(27,28)24-19-12-14-22(24)23(25)26;1-13-4-6-14(7-5-13)15-8-10-16(11-9-15)24(22,23)19-12-2-3-17(19)18(20)21;;/h15-18,22-23,25-26H,2-14,19H2,1H3;4-11,17-18,20-21H,2-3,12H2,1H3;;/t22-;17-;;/m00../s1. The molecule has 14 heteroatoms. The third-order valence-electron chi connectivity index (χ3n) is 10.4. The zero-order valence-corrected chi connectivity index (χ0v) is 37.0. The SMILES string of the molecule is CCCCCCCCCCCCc1ccc(S(=O)(=O)N2CCC[C@H]2C(O)O)cc1.Cc1ccc(-c2ccc(S(=O)(=O)N3CCC[C@H]3C(O)O)cc2)cc1.[Rh].[Rh]. The van der Waals surface area contributed by atoms with Gasteiger partial charge in [0.1, 0.15) is 0 Å². The Hall–Kier alpha value is -1.43. The van der Waals surface area contributed by atoms with Crippen LogP contribution in [0.4, 0.5) is 0 Å². The van der Waals surface area contributed by atoms with E-state index in [2.05, 4.69) is 6.92 Å². The van der Waals surface area contributed by atoms with Crippen molar-refractivity contribution in [1.82, 2.24) is 8.61 Å². The Kier molecular flexibility index (Phi) is 22.1. The van der Waals surface area contributed by atoms with E-state index in [9.17, 15) is 37.3 Å². The van der Waals surface area contributed by atoms with E-state index in [4.69, 9.17) is 0 Å². The second kappa shape index (κ2) is 24.5. The molecule has 0 aliphatic carbocycles. The number of hydrogen-bond acceptors (Lipinski definition) is 8. The smallest absolute Gasteiger partial charge is 0.243 e. The molecular weight excluding hydrogens is 918 g/mol. The fraction of sp³-hybridized carbons (Fsp3) is 0.561. The van der Waals surface area contributed by atoms with E-state index >= 15 is 0 Å². The molecule has 2 radical (unpaired) electrons. The summed E-state index contributed by atoms with van der Waals surface area (Å²) in [6.45, 7) is 4.91. The van der Waals surface area contributed by atoms with Gasteiger partial charge in [-0.1, -0.05) is 119 Å². The van der Waals surface area contributed by atoms with E-state index in [-0.39, 0.29) is 48.7 Å². The van der Waals surface area contributed by atoms with Crippen LogP contribution in [-0.4, -0.2) is 83.6 Å². The molecule has 0 spiro atoms. The summed E-state index contributed by atoms with van der Waals surface area (Å²) in [5.41, 5.74) is 4.28. The van der Waals surface area contributed by atoms with E-state index in [1.54, 1.807) is 36.4 Å². The van der Waals surface area contributed by atoms with Crippen LogP contribution in [0, 0.1) is 6.92 Å². The van der Waals surface area contributed by atoms with Crippen molar-refractivity contribution in [2.75, 3.05) is 13.1 Å². The predicted molar refractivity (Wildman–Crippen MR) is 209 cm³/mol. The fourth-order valence-corrected chi connectivity index (χ4v) is 10.6. The molecule has 2 aliphatic heterocycles. The van der Waals surface area contributed by atoms with Crippen LogP contribution in [-0.2, 0) is 65.4 Å². The number of aliphatic hydroxyl groups excluding tert-OH is 2. The number of sulfonamides is 2. The van der Waals surface area contributed by atoms with Crippen LogP contribution in [0.1, 0.15) is 108 Å². The molecule has 0 aromatic heterocycles. The van der Waals surface area contributed by atoms with E-state index in [0.29, 0.717) is 38.8 Å². The van der Waals surface area contributed by atoms with Gasteiger partial charge in [-0.15, -0.1) is 0 Å². The maximum Gasteiger partial charge on any atom is 0.243 e. The molecule has 2 heterocycles. The monoisotopic (exact) mass is 978 g/mol. The molecule has 3 aromatic carbocycles. The largest absolute Gasteiger partial charge is 0.367 e. The Labute approximate surface area is 355 Å². The van der Waals surface area contributed by atoms with Crippen molar-refractivity contribution in [2.24, 2.45) is 0 Å². The van der Waals surface area contributed by atoms with Gasteiger partial charge in [0.05, 0.1) is 21.9 Å². The van der Waals surface area contributed by atoms with Crippen LogP contribution in [0.2, 0.25) is 0 Å². The Morgan fingerprint density at radius 2 is 0.927 bits per heavy atom. The summed E-state index contributed by atoms with van der Waals surface area (Å²) < 4.78 is 53.5. The first-order valence-corrected chi connectivity index (χ1v) is 22.3. The van der Waals surface area contributed by atoms with Gasteiger partial charge in [0.15, 0.2) is 12.6 Å². The molecule has 2 saturated heterocycles. The third-order valence-corrected chi connectivity index (χ3v) is 14.3. The number of nitrogens with zero attached hydrogens (tertiary/aromatic N) is 2. The summed E-state index contributed by atoms with van der Waals surface area (Å²) in [5, 5.41) is 37.7. The van der Waals surface area contributed by atoms with Crippen molar-refractivity contribution in [3.63, 3.8) is 0 Å². The van der Waals surface area contributed by atoms with Crippen molar-refractivity contribution in [3.05, 3.63) is 83.9 Å². The van der Waals surface area contributed by atoms with E-state index in [1.807, 2.05) is 43.3 Å². The molecule has 2 atom stereocenters. The number of rotatable bonds is 18. The van der Waals surface area contributed by atoms with Gasteiger partial charge in [0.2, 0.25) is 20.0 Å². The topological polar surface area (TPSA) is 156 Å². The maximum absolute atomic E-state index is 12.8. The van der Waals surface area contributed by atoms with Crippen molar-refractivity contribution in [3.8, 4) is 11.1 Å². The molecule has 10 nitrogen and oxygen atoms in total. The molecule has 5 rings (SSSR count). The molecular formula is C41H60N2O8Rh2S2. The molecule has 2 fully saturated rings. The van der Waals surface area contributed by atoms with Crippen LogP contribution in [0.15, 0.2) is 82.6 Å². The van der Waals surface area contributed by atoms with Crippen molar-refractivity contribution < 1.29 is 76.2 Å². The van der Waals surface area contributed by atoms with E-state index < -0.39 is 44.7 Å². The van der Waals surface area contributed by atoms with Gasteiger partial charge in [-0.25, -0.2) is 16.8 Å². The molecule has 0 saturated carbocycles. The Morgan fingerprint density at radius 1 is 0.564 bits per heavy atom.